The first-order chi connectivity index (χ1) is 29.5. The summed E-state index contributed by atoms with van der Waals surface area (Å²) in [5.41, 5.74) is 13.5. The number of nitrogens with zero attached hydrogens (tertiary/aromatic N) is 3. The molecule has 2 heterocycles. The van der Waals surface area contributed by atoms with E-state index in [-0.39, 0.29) is 0 Å². The molecule has 0 N–H and O–H groups in total. The number of benzene rings is 8. The van der Waals surface area contributed by atoms with Crippen LogP contribution in [0.25, 0.3) is 53.6 Å². The average Bonchev–Trinajstić information content (AvgIpc) is 4.01. The summed E-state index contributed by atoms with van der Waals surface area (Å²) in [5.74, 6) is 2.26. The van der Waals surface area contributed by atoms with Crippen molar-refractivity contribution < 1.29 is 0 Å². The Morgan fingerprint density at radius 2 is 0.650 bits per heavy atom. The summed E-state index contributed by atoms with van der Waals surface area (Å²) in [7, 11) is 0. The molecule has 3 nitrogen and oxygen atoms in total. The minimum atomic E-state index is -0.884. The topological polar surface area (TPSA) is 38.7 Å². The monoisotopic (exact) mass is 783 g/mol. The Labute approximate surface area is 352 Å². The highest BCUT2D eigenvalue weighted by molar-refractivity contribution is 7.25. The minimum Gasteiger partial charge on any atom is -0.215 e. The molecule has 8 aromatic carbocycles. The van der Waals surface area contributed by atoms with E-state index in [1.165, 1.54) is 92.5 Å². The van der Waals surface area contributed by atoms with Gasteiger partial charge in [0.1, 0.15) is 17.1 Å². The smallest absolute Gasteiger partial charge is 0.152 e. The number of rotatable bonds is 4. The van der Waals surface area contributed by atoms with Crippen molar-refractivity contribution in [2.24, 2.45) is 0 Å². The fourth-order valence-corrected chi connectivity index (χ4v) is 12.5. The molecule has 4 heteroatoms. The Balaban J connectivity index is 1.23. The molecule has 0 saturated carbocycles. The largest absolute Gasteiger partial charge is 0.215 e. The Bertz CT molecular complexity index is 3190. The van der Waals surface area contributed by atoms with Crippen molar-refractivity contribution in [3.8, 4) is 33.4 Å². The lowest BCUT2D eigenvalue weighted by Gasteiger charge is -2.36. The summed E-state index contributed by atoms with van der Waals surface area (Å²) in [6.07, 6.45) is 0. The quantitative estimate of drug-likeness (QED) is 0.178. The molecule has 3 aliphatic rings. The van der Waals surface area contributed by atoms with Crippen LogP contribution in [0.2, 0.25) is 0 Å². The summed E-state index contributed by atoms with van der Waals surface area (Å²) in [5, 5.41) is 2.50. The number of fused-ring (bicyclic) bond motifs is 12. The lowest BCUT2D eigenvalue weighted by Crippen LogP contribution is -2.37. The zero-order valence-electron chi connectivity index (χ0n) is 33.1. The minimum absolute atomic E-state index is 0.673. The highest BCUT2D eigenvalue weighted by Gasteiger charge is 2.53. The third-order valence-electron chi connectivity index (χ3n) is 14.1. The van der Waals surface area contributed by atoms with Crippen LogP contribution in [0.1, 0.15) is 70.3 Å². The Morgan fingerprint density at radius 3 is 1.12 bits per heavy atom. The van der Waals surface area contributed by atoms with E-state index in [4.69, 9.17) is 15.0 Å². The summed E-state index contributed by atoms with van der Waals surface area (Å²) in [6.45, 7) is 4.66. The zero-order chi connectivity index (χ0) is 39.8. The second kappa shape index (κ2) is 12.0. The lowest BCUT2D eigenvalue weighted by molar-refractivity contribution is 0.555. The van der Waals surface area contributed by atoms with Crippen molar-refractivity contribution in [1.29, 1.82) is 0 Å². The third-order valence-corrected chi connectivity index (χ3v) is 15.2. The maximum Gasteiger partial charge on any atom is 0.152 e. The van der Waals surface area contributed by atoms with Gasteiger partial charge in [0.25, 0.3) is 0 Å². The molecule has 2 aromatic heterocycles. The van der Waals surface area contributed by atoms with Crippen LogP contribution in [0, 0.1) is 0 Å². The van der Waals surface area contributed by atoms with E-state index >= 15 is 0 Å². The molecule has 13 rings (SSSR count). The van der Waals surface area contributed by atoms with Gasteiger partial charge < -0.3 is 0 Å². The van der Waals surface area contributed by atoms with Crippen molar-refractivity contribution in [2.45, 2.75) is 30.1 Å². The lowest BCUT2D eigenvalue weighted by atomic mass is 9.69. The molecule has 282 valence electrons. The van der Waals surface area contributed by atoms with Gasteiger partial charge in [-0.05, 0) is 98.3 Å². The molecule has 0 saturated heterocycles. The van der Waals surface area contributed by atoms with E-state index in [0.29, 0.717) is 0 Å². The van der Waals surface area contributed by atoms with E-state index in [0.717, 1.165) is 17.5 Å². The van der Waals surface area contributed by atoms with Gasteiger partial charge in [-0.2, -0.15) is 0 Å². The third kappa shape index (κ3) is 4.11. The van der Waals surface area contributed by atoms with Gasteiger partial charge in [-0.3, -0.25) is 0 Å². The van der Waals surface area contributed by atoms with Crippen LogP contribution in [0.3, 0.4) is 0 Å². The molecule has 0 aliphatic heterocycles. The maximum atomic E-state index is 5.98. The van der Waals surface area contributed by atoms with Gasteiger partial charge in [-0.25, -0.2) is 15.0 Å². The van der Waals surface area contributed by atoms with E-state index in [9.17, 15) is 0 Å². The summed E-state index contributed by atoms with van der Waals surface area (Å²) < 4.78 is 2.52. The Hall–Kier alpha value is -7.01. The van der Waals surface area contributed by atoms with Crippen molar-refractivity contribution >= 4 is 31.5 Å². The van der Waals surface area contributed by atoms with Gasteiger partial charge in [0.15, 0.2) is 5.82 Å². The zero-order valence-corrected chi connectivity index (χ0v) is 34.0. The van der Waals surface area contributed by atoms with Gasteiger partial charge in [-0.1, -0.05) is 176 Å². The van der Waals surface area contributed by atoms with Crippen molar-refractivity contribution in [2.75, 3.05) is 0 Å². The van der Waals surface area contributed by atoms with Crippen molar-refractivity contribution in [3.63, 3.8) is 0 Å². The maximum absolute atomic E-state index is 5.98. The molecular formula is C56H37N3S. The number of hydrogen-bond acceptors (Lipinski definition) is 4. The number of aromatic nitrogens is 3. The first kappa shape index (κ1) is 33.9. The molecule has 0 bridgehead atoms. The van der Waals surface area contributed by atoms with Gasteiger partial charge in [0.05, 0.1) is 10.8 Å². The van der Waals surface area contributed by atoms with Crippen LogP contribution >= 0.6 is 11.3 Å². The number of hydrogen-bond donors (Lipinski definition) is 0. The van der Waals surface area contributed by atoms with Gasteiger partial charge >= 0.3 is 0 Å². The summed E-state index contributed by atoms with van der Waals surface area (Å²) in [6, 6.07) is 68.9. The highest BCUT2D eigenvalue weighted by atomic mass is 32.1. The van der Waals surface area contributed by atoms with Crippen LogP contribution in [-0.2, 0) is 16.2 Å². The Morgan fingerprint density at radius 1 is 0.317 bits per heavy atom. The molecule has 0 atom stereocenters. The van der Waals surface area contributed by atoms with Gasteiger partial charge in [0, 0.05) is 20.2 Å². The second-order valence-electron chi connectivity index (χ2n) is 16.9. The predicted octanol–water partition coefficient (Wildman–Crippen LogP) is 13.3. The first-order valence-electron chi connectivity index (χ1n) is 20.8. The summed E-state index contributed by atoms with van der Waals surface area (Å²) >= 11 is 1.85. The molecule has 0 radical (unpaired) electrons. The molecule has 0 spiro atoms. The van der Waals surface area contributed by atoms with Crippen molar-refractivity contribution in [1.82, 2.24) is 15.0 Å². The van der Waals surface area contributed by atoms with Crippen LogP contribution < -0.4 is 0 Å². The van der Waals surface area contributed by atoms with E-state index in [2.05, 4.69) is 202 Å². The van der Waals surface area contributed by atoms with Crippen LogP contribution in [0.15, 0.2) is 188 Å². The molecule has 10 aromatic rings. The highest BCUT2D eigenvalue weighted by Crippen LogP contribution is 2.60. The van der Waals surface area contributed by atoms with Crippen LogP contribution in [0.4, 0.5) is 0 Å². The van der Waals surface area contributed by atoms with E-state index < -0.39 is 16.2 Å². The Kier molecular flexibility index (Phi) is 6.80. The predicted molar refractivity (Wildman–Crippen MR) is 245 cm³/mol. The fourth-order valence-electron chi connectivity index (χ4n) is 11.4. The van der Waals surface area contributed by atoms with Crippen LogP contribution in [0.5, 0.6) is 0 Å². The molecule has 0 amide bonds. The molecular weight excluding hydrogens is 747 g/mol. The van der Waals surface area contributed by atoms with Crippen LogP contribution in [-0.4, -0.2) is 15.0 Å². The average molecular weight is 784 g/mol. The first-order valence-corrected chi connectivity index (χ1v) is 21.6. The van der Waals surface area contributed by atoms with Crippen molar-refractivity contribution in [3.05, 3.63) is 244 Å². The second-order valence-corrected chi connectivity index (χ2v) is 17.9. The molecule has 60 heavy (non-hydrogen) atoms. The summed E-state index contributed by atoms with van der Waals surface area (Å²) in [4.78, 5) is 17.8. The standard InChI is InChI=1S/C56H37N3S/c1-54(41-25-10-3-18-34(41)35-19-4-11-26-42(35)54)51-57-52(55(2)43-27-12-5-20-36(43)37-21-6-13-28-44(37)55)59-53(58-51)56(45-29-14-7-22-38(45)39-23-8-15-30-46(39)56)47-31-17-33-49-50(47)40-24-9-16-32-48(40)60-49/h3-33H,1-2H3. The number of thiophene rings is 1. The SMILES string of the molecule is CC1(c2nc(C3(C)c4ccccc4-c4ccccc43)nc(C3(c4cccc5sc6ccccc6c45)c4ccccc4-c4ccccc43)n2)c2ccccc2-c2ccccc21. The molecule has 3 aliphatic carbocycles. The van der Waals surface area contributed by atoms with Gasteiger partial charge in [-0.15, -0.1) is 11.3 Å². The van der Waals surface area contributed by atoms with Gasteiger partial charge in [0.2, 0.25) is 0 Å². The van der Waals surface area contributed by atoms with E-state index in [1.807, 2.05) is 11.3 Å². The normalized spacial score (nSPS) is 15.6. The molecule has 0 unspecified atom stereocenters. The van der Waals surface area contributed by atoms with E-state index in [1.54, 1.807) is 0 Å². The fraction of sp³-hybridized carbons (Fsp3) is 0.0893. The molecule has 0 fully saturated rings.